The fraction of sp³-hybridized carbons (Fsp3) is 0. The highest BCUT2D eigenvalue weighted by Crippen LogP contribution is 2.40. The summed E-state index contributed by atoms with van der Waals surface area (Å²) in [6.45, 7) is 0. The molecule has 6 aromatic carbocycles. The van der Waals surface area contributed by atoms with Crippen molar-refractivity contribution in [2.45, 2.75) is 0 Å². The van der Waals surface area contributed by atoms with Gasteiger partial charge in [-0.15, -0.1) is 0 Å². The molecule has 8 rings (SSSR count). The van der Waals surface area contributed by atoms with Crippen molar-refractivity contribution in [2.75, 3.05) is 0 Å². The third-order valence-corrected chi connectivity index (χ3v) is 7.18. The number of H-pyrrole nitrogens is 1. The van der Waals surface area contributed by atoms with Gasteiger partial charge in [-0.25, -0.2) is 0 Å². The van der Waals surface area contributed by atoms with Crippen LogP contribution in [0.3, 0.4) is 0 Å². The molecule has 0 spiro atoms. The van der Waals surface area contributed by atoms with Crippen LogP contribution in [-0.4, -0.2) is 9.55 Å². The minimum atomic E-state index is -0.0662. The van der Waals surface area contributed by atoms with Crippen molar-refractivity contribution >= 4 is 54.4 Å². The van der Waals surface area contributed by atoms with E-state index >= 15 is 0 Å². The molecule has 0 aliphatic rings. The average molecular weight is 463 g/mol. The van der Waals surface area contributed by atoms with Crippen LogP contribution in [0.2, 0.25) is 0 Å². The molecule has 8 aromatic rings. The topological polar surface area (TPSA) is 20.7 Å². The fourth-order valence-electron chi connectivity index (χ4n) is 5.54. The van der Waals surface area contributed by atoms with E-state index in [1.807, 2.05) is 65.2 Å². The van der Waals surface area contributed by atoms with E-state index in [-0.39, 0.29) is 29.9 Å². The molecule has 0 unspecified atom stereocenters. The maximum atomic E-state index is 9.14. The van der Waals surface area contributed by atoms with E-state index in [0.717, 1.165) is 54.4 Å². The molecule has 2 heteroatoms. The molecule has 0 aliphatic heterocycles. The Morgan fingerprint density at radius 3 is 2.14 bits per heavy atom. The van der Waals surface area contributed by atoms with Gasteiger partial charge in [0.15, 0.2) is 0 Å². The smallest absolute Gasteiger partial charge is 0.0645 e. The van der Waals surface area contributed by atoms with Crippen molar-refractivity contribution in [2.24, 2.45) is 0 Å². The number of fused-ring (bicyclic) bond motifs is 8. The molecule has 36 heavy (non-hydrogen) atoms. The summed E-state index contributed by atoms with van der Waals surface area (Å²) in [7, 11) is 0. The Morgan fingerprint density at radius 1 is 0.528 bits per heavy atom. The molecule has 0 saturated carbocycles. The monoisotopic (exact) mass is 462 g/mol. The van der Waals surface area contributed by atoms with Crippen molar-refractivity contribution in [3.05, 3.63) is 127 Å². The zero-order valence-corrected chi connectivity index (χ0v) is 19.3. The lowest BCUT2D eigenvalue weighted by Crippen LogP contribution is -1.94. The van der Waals surface area contributed by atoms with Gasteiger partial charge in [0.05, 0.1) is 16.5 Å². The van der Waals surface area contributed by atoms with E-state index in [2.05, 4.69) is 47.4 Å². The van der Waals surface area contributed by atoms with Crippen LogP contribution in [0.5, 0.6) is 0 Å². The van der Waals surface area contributed by atoms with Gasteiger partial charge in [-0.05, 0) is 58.2 Å². The van der Waals surface area contributed by atoms with Gasteiger partial charge >= 0.3 is 0 Å². The third-order valence-electron chi connectivity index (χ3n) is 7.18. The van der Waals surface area contributed by atoms with Crippen LogP contribution >= 0.6 is 0 Å². The lowest BCUT2D eigenvalue weighted by atomic mass is 10.0. The maximum Gasteiger partial charge on any atom is 0.0645 e. The highest BCUT2D eigenvalue weighted by atomic mass is 15.0. The van der Waals surface area contributed by atoms with Crippen LogP contribution in [0.4, 0.5) is 0 Å². The molecule has 0 radical (unpaired) electrons. The van der Waals surface area contributed by atoms with Crippen LogP contribution in [-0.2, 0) is 0 Å². The molecular formula is C34H22N2. The van der Waals surface area contributed by atoms with E-state index in [4.69, 9.17) is 5.48 Å². The van der Waals surface area contributed by atoms with Crippen molar-refractivity contribution < 1.29 is 5.48 Å². The molecule has 0 bridgehead atoms. The van der Waals surface area contributed by atoms with Gasteiger partial charge in [0, 0.05) is 38.3 Å². The van der Waals surface area contributed by atoms with Crippen molar-refractivity contribution in [3.8, 4) is 16.8 Å². The Bertz CT molecular complexity index is 2280. The third kappa shape index (κ3) is 2.73. The highest BCUT2D eigenvalue weighted by Gasteiger charge is 2.17. The second kappa shape index (κ2) is 7.34. The second-order valence-corrected chi connectivity index (χ2v) is 9.19. The summed E-state index contributed by atoms with van der Waals surface area (Å²) in [4.78, 5) is 3.53. The molecule has 0 atom stereocenters. The lowest BCUT2D eigenvalue weighted by molar-refractivity contribution is 1.18. The Hall–Kier alpha value is -4.82. The van der Waals surface area contributed by atoms with E-state index in [0.29, 0.717) is 11.1 Å². The zero-order chi connectivity index (χ0) is 27.1. The van der Waals surface area contributed by atoms with E-state index in [9.17, 15) is 0 Å². The minimum Gasteiger partial charge on any atom is -0.354 e. The first kappa shape index (κ1) is 16.0. The van der Waals surface area contributed by atoms with Crippen LogP contribution < -0.4 is 0 Å². The highest BCUT2D eigenvalue weighted by molar-refractivity contribution is 6.25. The number of hydrogen-bond donors (Lipinski definition) is 1. The Kier molecular flexibility index (Phi) is 3.25. The summed E-state index contributed by atoms with van der Waals surface area (Å²) in [5, 5.41) is 6.47. The van der Waals surface area contributed by atoms with Crippen molar-refractivity contribution in [3.63, 3.8) is 0 Å². The van der Waals surface area contributed by atoms with Gasteiger partial charge in [0.2, 0.25) is 0 Å². The minimum absolute atomic E-state index is 0.0512. The number of aromatic nitrogens is 2. The van der Waals surface area contributed by atoms with Gasteiger partial charge in [0.1, 0.15) is 0 Å². The summed E-state index contributed by atoms with van der Waals surface area (Å²) >= 11 is 0. The molecule has 0 amide bonds. The number of benzene rings is 6. The summed E-state index contributed by atoms with van der Waals surface area (Å²) in [6.07, 6.45) is 0. The first-order chi connectivity index (χ1) is 19.5. The molecule has 2 heterocycles. The number of rotatable bonds is 2. The number of hydrogen-bond acceptors (Lipinski definition) is 0. The van der Waals surface area contributed by atoms with Crippen LogP contribution in [0.1, 0.15) is 5.48 Å². The van der Waals surface area contributed by atoms with E-state index in [1.165, 1.54) is 0 Å². The average Bonchev–Trinajstić information content (AvgIpc) is 3.51. The quantitative estimate of drug-likeness (QED) is 0.264. The lowest BCUT2D eigenvalue weighted by Gasteiger charge is -2.10. The van der Waals surface area contributed by atoms with Gasteiger partial charge in [-0.3, -0.25) is 0 Å². The number of nitrogens with zero attached hydrogens (tertiary/aromatic N) is 1. The maximum absolute atomic E-state index is 9.14. The molecule has 0 saturated heterocycles. The SMILES string of the molecule is [2H]c1c([2H])c(-n2c3cc4[nH]c5ccccc5c4cc3c3c4ccccc4ccc32)c([2H])c([2H])c1-c1ccccc1. The fourth-order valence-corrected chi connectivity index (χ4v) is 5.54. The van der Waals surface area contributed by atoms with Crippen molar-refractivity contribution in [1.82, 2.24) is 9.55 Å². The Balaban J connectivity index is 1.57. The van der Waals surface area contributed by atoms with Crippen LogP contribution in [0.25, 0.3) is 71.2 Å². The molecule has 2 aromatic heterocycles. The molecule has 1 N–H and O–H groups in total. The largest absolute Gasteiger partial charge is 0.354 e. The normalized spacial score (nSPS) is 13.4. The predicted molar refractivity (Wildman–Crippen MR) is 153 cm³/mol. The Morgan fingerprint density at radius 2 is 1.28 bits per heavy atom. The van der Waals surface area contributed by atoms with Gasteiger partial charge in [-0.1, -0.05) is 90.9 Å². The predicted octanol–water partition coefficient (Wildman–Crippen LogP) is 9.24. The summed E-state index contributed by atoms with van der Waals surface area (Å²) in [5.74, 6) is 0. The molecule has 168 valence electrons. The van der Waals surface area contributed by atoms with E-state index in [1.54, 1.807) is 0 Å². The first-order valence-corrected chi connectivity index (χ1v) is 12.1. The number of aromatic amines is 1. The molecule has 0 aliphatic carbocycles. The van der Waals surface area contributed by atoms with Gasteiger partial charge in [-0.2, -0.15) is 0 Å². The van der Waals surface area contributed by atoms with Crippen LogP contribution in [0, 0.1) is 0 Å². The second-order valence-electron chi connectivity index (χ2n) is 9.19. The number of para-hydroxylation sites is 1. The Labute approximate surface area is 213 Å². The number of nitrogens with one attached hydrogen (secondary N) is 1. The van der Waals surface area contributed by atoms with Gasteiger partial charge < -0.3 is 9.55 Å². The van der Waals surface area contributed by atoms with E-state index < -0.39 is 0 Å². The van der Waals surface area contributed by atoms with Gasteiger partial charge in [0.25, 0.3) is 0 Å². The summed E-state index contributed by atoms with van der Waals surface area (Å²) in [5.41, 5.74) is 4.90. The standard InChI is InChI=1S/C34H22N2/c1-2-8-22(9-3-1)23-14-17-25(18-15-23)36-32-19-16-24-10-4-5-11-26(24)34(32)29-20-28-27-12-6-7-13-30(27)35-31(28)21-33(29)36/h1-21,35H/i14D,15D,17D,18D. The molecule has 2 nitrogen and oxygen atoms in total. The summed E-state index contributed by atoms with van der Waals surface area (Å²) in [6, 6.07) is 33.8. The van der Waals surface area contributed by atoms with Crippen molar-refractivity contribution in [1.29, 1.82) is 0 Å². The molecular weight excluding hydrogens is 436 g/mol. The molecule has 0 fully saturated rings. The first-order valence-electron chi connectivity index (χ1n) is 14.1. The summed E-state index contributed by atoms with van der Waals surface area (Å²) < 4.78 is 38.1. The zero-order valence-electron chi connectivity index (χ0n) is 23.3. The van der Waals surface area contributed by atoms with Crippen LogP contribution in [0.15, 0.2) is 127 Å².